The van der Waals surface area contributed by atoms with Crippen LogP contribution in [0.1, 0.15) is 6.42 Å². The largest absolute Gasteiger partial charge is 0.465 e. The zero-order valence-electron chi connectivity index (χ0n) is 4.96. The Morgan fingerprint density at radius 3 is 3.00 bits per heavy atom. The molecule has 1 fully saturated rings. The number of amides is 1. The highest BCUT2D eigenvalue weighted by molar-refractivity contribution is 5.64. The van der Waals surface area contributed by atoms with Gasteiger partial charge < -0.3 is 15.2 Å². The first-order valence-electron chi connectivity index (χ1n) is 2.86. The van der Waals surface area contributed by atoms with E-state index in [1.54, 1.807) is 0 Å². The van der Waals surface area contributed by atoms with Gasteiger partial charge in [-0.1, -0.05) is 0 Å². The van der Waals surface area contributed by atoms with Crippen LogP contribution >= 0.6 is 0 Å². The van der Waals surface area contributed by atoms with Gasteiger partial charge in [-0.25, -0.2) is 4.79 Å². The van der Waals surface area contributed by atoms with Gasteiger partial charge in [-0.2, -0.15) is 0 Å². The minimum absolute atomic E-state index is 0.0162. The molecule has 0 aromatic carbocycles. The van der Waals surface area contributed by atoms with Gasteiger partial charge in [0.25, 0.3) is 0 Å². The lowest BCUT2D eigenvalue weighted by atomic mass is 10.3. The van der Waals surface area contributed by atoms with E-state index in [-0.39, 0.29) is 6.04 Å². The Balaban J connectivity index is 2.19. The number of ether oxygens (including phenoxy) is 1. The molecule has 0 unspecified atom stereocenters. The van der Waals surface area contributed by atoms with Crippen LogP contribution in [0.4, 0.5) is 4.79 Å². The molecule has 1 aliphatic heterocycles. The third-order valence-corrected chi connectivity index (χ3v) is 1.26. The summed E-state index contributed by atoms with van der Waals surface area (Å²) in [5.74, 6) is 0. The fraction of sp³-hybridized carbons (Fsp3) is 0.800. The molecule has 0 aromatic rings. The van der Waals surface area contributed by atoms with Crippen LogP contribution in [0.25, 0.3) is 0 Å². The average molecular weight is 131 g/mol. The molecule has 0 aromatic heterocycles. The van der Waals surface area contributed by atoms with Gasteiger partial charge >= 0.3 is 6.09 Å². The van der Waals surface area contributed by atoms with Crippen molar-refractivity contribution in [3.63, 3.8) is 0 Å². The van der Waals surface area contributed by atoms with Crippen molar-refractivity contribution in [2.24, 2.45) is 0 Å². The maximum atomic E-state index is 9.99. The van der Waals surface area contributed by atoms with Gasteiger partial charge in [0.05, 0.1) is 12.6 Å². The molecule has 0 bridgehead atoms. The quantitative estimate of drug-likeness (QED) is 0.528. The van der Waals surface area contributed by atoms with Crippen molar-refractivity contribution in [2.75, 3.05) is 13.2 Å². The second-order valence-electron chi connectivity index (χ2n) is 2.01. The van der Waals surface area contributed by atoms with Crippen molar-refractivity contribution < 1.29 is 14.6 Å². The van der Waals surface area contributed by atoms with Crippen LogP contribution in [0, 0.1) is 0 Å². The molecular weight excluding hydrogens is 122 g/mol. The van der Waals surface area contributed by atoms with Gasteiger partial charge in [0, 0.05) is 6.61 Å². The van der Waals surface area contributed by atoms with Crippen LogP contribution in [0.3, 0.4) is 0 Å². The maximum Gasteiger partial charge on any atom is 0.404 e. The summed E-state index contributed by atoms with van der Waals surface area (Å²) < 4.78 is 4.93. The number of carbonyl (C=O) groups is 1. The lowest BCUT2D eigenvalue weighted by molar-refractivity contribution is 0.175. The summed E-state index contributed by atoms with van der Waals surface area (Å²) in [6.07, 6.45) is -0.169. The summed E-state index contributed by atoms with van der Waals surface area (Å²) in [5.41, 5.74) is 0. The Bertz CT molecular complexity index is 109. The van der Waals surface area contributed by atoms with Crippen molar-refractivity contribution in [1.29, 1.82) is 0 Å². The van der Waals surface area contributed by atoms with Crippen molar-refractivity contribution in [2.45, 2.75) is 12.5 Å². The van der Waals surface area contributed by atoms with Gasteiger partial charge in [0.15, 0.2) is 0 Å². The summed E-state index contributed by atoms with van der Waals surface area (Å²) in [6.45, 7) is 1.19. The van der Waals surface area contributed by atoms with Crippen molar-refractivity contribution in [1.82, 2.24) is 5.32 Å². The summed E-state index contributed by atoms with van der Waals surface area (Å²) in [5, 5.41) is 10.5. The number of hydrogen-bond acceptors (Lipinski definition) is 2. The van der Waals surface area contributed by atoms with E-state index >= 15 is 0 Å². The molecule has 1 saturated heterocycles. The molecule has 52 valence electrons. The van der Waals surface area contributed by atoms with Crippen LogP contribution in [-0.2, 0) is 4.74 Å². The maximum absolute atomic E-state index is 9.99. The number of hydrogen-bond donors (Lipinski definition) is 2. The summed E-state index contributed by atoms with van der Waals surface area (Å²) in [7, 11) is 0. The fourth-order valence-electron chi connectivity index (χ4n) is 0.823. The zero-order chi connectivity index (χ0) is 6.69. The predicted octanol–water partition coefficient (Wildman–Crippen LogP) is 0.0429. The van der Waals surface area contributed by atoms with Crippen LogP contribution in [-0.4, -0.2) is 30.5 Å². The topological polar surface area (TPSA) is 58.6 Å². The van der Waals surface area contributed by atoms with E-state index in [9.17, 15) is 4.79 Å². The highest BCUT2D eigenvalue weighted by Crippen LogP contribution is 2.02. The van der Waals surface area contributed by atoms with E-state index in [1.165, 1.54) is 0 Å². The Morgan fingerprint density at radius 2 is 2.56 bits per heavy atom. The van der Waals surface area contributed by atoms with E-state index < -0.39 is 6.09 Å². The van der Waals surface area contributed by atoms with Gasteiger partial charge in [-0.15, -0.1) is 0 Å². The Labute approximate surface area is 52.8 Å². The monoisotopic (exact) mass is 131 g/mol. The second-order valence-corrected chi connectivity index (χ2v) is 2.01. The summed E-state index contributed by atoms with van der Waals surface area (Å²) in [6, 6.07) is 0.0162. The summed E-state index contributed by atoms with van der Waals surface area (Å²) >= 11 is 0. The van der Waals surface area contributed by atoms with Crippen LogP contribution < -0.4 is 5.32 Å². The number of carboxylic acid groups (broad SMARTS) is 1. The molecule has 0 aliphatic carbocycles. The first-order chi connectivity index (χ1) is 4.29. The fourth-order valence-corrected chi connectivity index (χ4v) is 0.823. The minimum Gasteiger partial charge on any atom is -0.465 e. The van der Waals surface area contributed by atoms with E-state index in [4.69, 9.17) is 9.84 Å². The normalized spacial score (nSPS) is 26.0. The molecule has 1 amide bonds. The van der Waals surface area contributed by atoms with Gasteiger partial charge in [-0.05, 0) is 6.42 Å². The highest BCUT2D eigenvalue weighted by Gasteiger charge is 2.16. The summed E-state index contributed by atoms with van der Waals surface area (Å²) in [4.78, 5) is 9.99. The Hall–Kier alpha value is -0.770. The van der Waals surface area contributed by atoms with E-state index in [0.717, 1.165) is 6.42 Å². The van der Waals surface area contributed by atoms with Crippen LogP contribution in [0.15, 0.2) is 0 Å². The Morgan fingerprint density at radius 1 is 1.78 bits per heavy atom. The van der Waals surface area contributed by atoms with Crippen molar-refractivity contribution in [3.05, 3.63) is 0 Å². The van der Waals surface area contributed by atoms with E-state index in [2.05, 4.69) is 5.32 Å². The van der Waals surface area contributed by atoms with Gasteiger partial charge in [0.2, 0.25) is 0 Å². The average Bonchev–Trinajstić information content (AvgIpc) is 2.15. The predicted molar refractivity (Wildman–Crippen MR) is 30.4 cm³/mol. The molecular formula is C5H9NO3. The molecule has 0 spiro atoms. The van der Waals surface area contributed by atoms with Crippen LogP contribution in [0.2, 0.25) is 0 Å². The van der Waals surface area contributed by atoms with E-state index in [0.29, 0.717) is 13.2 Å². The lowest BCUT2D eigenvalue weighted by Crippen LogP contribution is -2.33. The molecule has 1 heterocycles. The Kier molecular flexibility index (Phi) is 1.89. The molecule has 4 nitrogen and oxygen atoms in total. The molecule has 1 aliphatic rings. The molecule has 1 atom stereocenters. The first kappa shape index (κ1) is 6.35. The molecule has 0 radical (unpaired) electrons. The third-order valence-electron chi connectivity index (χ3n) is 1.26. The molecule has 4 heteroatoms. The smallest absolute Gasteiger partial charge is 0.404 e. The molecule has 2 N–H and O–H groups in total. The third kappa shape index (κ3) is 1.89. The van der Waals surface area contributed by atoms with E-state index in [1.807, 2.05) is 0 Å². The first-order valence-corrected chi connectivity index (χ1v) is 2.86. The van der Waals surface area contributed by atoms with Gasteiger partial charge in [0.1, 0.15) is 0 Å². The SMILES string of the molecule is O=C(O)N[C@@H]1CCOC1. The van der Waals surface area contributed by atoms with Crippen LogP contribution in [0.5, 0.6) is 0 Å². The number of nitrogens with one attached hydrogen (secondary N) is 1. The molecule has 9 heavy (non-hydrogen) atoms. The second kappa shape index (κ2) is 2.68. The molecule has 1 rings (SSSR count). The lowest BCUT2D eigenvalue weighted by Gasteiger charge is -2.04. The van der Waals surface area contributed by atoms with Gasteiger partial charge in [-0.3, -0.25) is 0 Å². The number of rotatable bonds is 1. The minimum atomic E-state index is -0.967. The molecule has 0 saturated carbocycles. The standard InChI is InChI=1S/C5H9NO3/c7-5(8)6-4-1-2-9-3-4/h4,6H,1-3H2,(H,7,8)/t4-/m1/s1. The van der Waals surface area contributed by atoms with Crippen molar-refractivity contribution >= 4 is 6.09 Å². The van der Waals surface area contributed by atoms with Crippen molar-refractivity contribution in [3.8, 4) is 0 Å². The highest BCUT2D eigenvalue weighted by atomic mass is 16.5. The zero-order valence-corrected chi connectivity index (χ0v) is 4.96.